The Balaban J connectivity index is 1.87. The number of aryl methyl sites for hydroxylation is 1. The van der Waals surface area contributed by atoms with E-state index in [4.69, 9.17) is 0 Å². The second kappa shape index (κ2) is 15.0. The van der Waals surface area contributed by atoms with Crippen LogP contribution in [-0.2, 0) is 13.1 Å². The standard InChI is InChI=1S/C25H44N4O2/c1-3-5-7-9-11-13-15-17-19-28-23-22(26-21-27-23)24(30)29(25(28)31)20-18-16-14-12-10-8-6-4-2/h21H,3-20H2,1-2H3,(H,26,27). The minimum Gasteiger partial charge on any atom is -0.339 e. The predicted octanol–water partition coefficient (Wildman–Crippen LogP) is 6.17. The lowest BCUT2D eigenvalue weighted by Crippen LogP contribution is -2.40. The zero-order valence-corrected chi connectivity index (χ0v) is 20.0. The van der Waals surface area contributed by atoms with Crippen molar-refractivity contribution in [3.05, 3.63) is 27.2 Å². The molecule has 0 aromatic carbocycles. The first-order chi connectivity index (χ1) is 15.2. The fourth-order valence-corrected chi connectivity index (χ4v) is 4.31. The topological polar surface area (TPSA) is 72.7 Å². The number of imidazole rings is 1. The summed E-state index contributed by atoms with van der Waals surface area (Å²) >= 11 is 0. The molecule has 6 heteroatoms. The van der Waals surface area contributed by atoms with Crippen LogP contribution in [0.5, 0.6) is 0 Å². The van der Waals surface area contributed by atoms with Gasteiger partial charge < -0.3 is 4.98 Å². The first-order valence-corrected chi connectivity index (χ1v) is 12.9. The summed E-state index contributed by atoms with van der Waals surface area (Å²) in [5, 5.41) is 0. The molecule has 0 aliphatic heterocycles. The molecule has 0 spiro atoms. The largest absolute Gasteiger partial charge is 0.339 e. The normalized spacial score (nSPS) is 11.5. The van der Waals surface area contributed by atoms with E-state index in [0.717, 1.165) is 25.7 Å². The lowest BCUT2D eigenvalue weighted by molar-refractivity contribution is 0.495. The van der Waals surface area contributed by atoms with E-state index in [1.807, 2.05) is 0 Å². The maximum Gasteiger partial charge on any atom is 0.332 e. The van der Waals surface area contributed by atoms with Crippen LogP contribution in [0.2, 0.25) is 0 Å². The molecule has 2 aromatic heterocycles. The molecule has 0 aliphatic carbocycles. The molecule has 31 heavy (non-hydrogen) atoms. The number of nitrogens with one attached hydrogen (secondary N) is 1. The predicted molar refractivity (Wildman–Crippen MR) is 130 cm³/mol. The second-order valence-corrected chi connectivity index (χ2v) is 8.94. The third kappa shape index (κ3) is 8.30. The lowest BCUT2D eigenvalue weighted by Gasteiger charge is -2.11. The van der Waals surface area contributed by atoms with E-state index in [-0.39, 0.29) is 11.2 Å². The molecule has 0 atom stereocenters. The summed E-state index contributed by atoms with van der Waals surface area (Å²) in [6, 6.07) is 0. The Kier molecular flexibility index (Phi) is 12.3. The van der Waals surface area contributed by atoms with Gasteiger partial charge in [-0.1, -0.05) is 104 Å². The summed E-state index contributed by atoms with van der Waals surface area (Å²) in [5.74, 6) is 0. The molecular formula is C25H44N4O2. The Morgan fingerprint density at radius 2 is 1.13 bits per heavy atom. The first-order valence-electron chi connectivity index (χ1n) is 12.9. The van der Waals surface area contributed by atoms with E-state index in [0.29, 0.717) is 24.3 Å². The maximum atomic E-state index is 13.1. The zero-order valence-electron chi connectivity index (χ0n) is 20.0. The molecule has 0 saturated heterocycles. The first kappa shape index (κ1) is 25.4. The molecule has 0 amide bonds. The van der Waals surface area contributed by atoms with Gasteiger partial charge in [0.15, 0.2) is 5.65 Å². The summed E-state index contributed by atoms with van der Waals surface area (Å²) < 4.78 is 3.12. The summed E-state index contributed by atoms with van der Waals surface area (Å²) in [6.07, 6.45) is 20.9. The molecule has 176 valence electrons. The fourth-order valence-electron chi connectivity index (χ4n) is 4.31. The molecule has 0 radical (unpaired) electrons. The lowest BCUT2D eigenvalue weighted by atomic mass is 10.1. The second-order valence-electron chi connectivity index (χ2n) is 8.94. The van der Waals surface area contributed by atoms with Gasteiger partial charge >= 0.3 is 5.69 Å². The van der Waals surface area contributed by atoms with Crippen LogP contribution < -0.4 is 11.2 Å². The highest BCUT2D eigenvalue weighted by Crippen LogP contribution is 2.11. The van der Waals surface area contributed by atoms with E-state index < -0.39 is 0 Å². The van der Waals surface area contributed by atoms with Gasteiger partial charge in [0.25, 0.3) is 5.56 Å². The van der Waals surface area contributed by atoms with Gasteiger partial charge in [-0.2, -0.15) is 0 Å². The van der Waals surface area contributed by atoms with Gasteiger partial charge in [-0.15, -0.1) is 0 Å². The van der Waals surface area contributed by atoms with Gasteiger partial charge in [0.2, 0.25) is 0 Å². The number of aromatic amines is 1. The molecule has 0 bridgehead atoms. The highest BCUT2D eigenvalue weighted by Gasteiger charge is 2.14. The van der Waals surface area contributed by atoms with Gasteiger partial charge in [-0.05, 0) is 12.8 Å². The van der Waals surface area contributed by atoms with Crippen molar-refractivity contribution in [1.82, 2.24) is 19.1 Å². The van der Waals surface area contributed by atoms with E-state index in [1.165, 1.54) is 87.9 Å². The zero-order chi connectivity index (χ0) is 22.3. The quantitative estimate of drug-likeness (QED) is 0.286. The Morgan fingerprint density at radius 1 is 0.677 bits per heavy atom. The molecule has 0 aliphatic rings. The van der Waals surface area contributed by atoms with Crippen molar-refractivity contribution in [3.8, 4) is 0 Å². The maximum absolute atomic E-state index is 13.1. The monoisotopic (exact) mass is 432 g/mol. The molecule has 0 fully saturated rings. The molecular weight excluding hydrogens is 388 g/mol. The number of H-pyrrole nitrogens is 1. The average molecular weight is 433 g/mol. The SMILES string of the molecule is CCCCCCCCCCn1c(=O)c2[nH]cnc2n(CCCCCCCCCC)c1=O. The number of hydrogen-bond donors (Lipinski definition) is 1. The van der Waals surface area contributed by atoms with E-state index in [9.17, 15) is 9.59 Å². The number of fused-ring (bicyclic) bond motifs is 1. The summed E-state index contributed by atoms with van der Waals surface area (Å²) in [5.41, 5.74) is 0.534. The van der Waals surface area contributed by atoms with Gasteiger partial charge in [0.1, 0.15) is 5.52 Å². The smallest absolute Gasteiger partial charge is 0.332 e. The highest BCUT2D eigenvalue weighted by molar-refractivity contribution is 5.68. The van der Waals surface area contributed by atoms with Crippen molar-refractivity contribution in [2.24, 2.45) is 0 Å². The van der Waals surface area contributed by atoms with Crippen molar-refractivity contribution in [1.29, 1.82) is 0 Å². The number of unbranched alkanes of at least 4 members (excludes halogenated alkanes) is 14. The Hall–Kier alpha value is -1.85. The van der Waals surface area contributed by atoms with Crippen molar-refractivity contribution in [3.63, 3.8) is 0 Å². The molecule has 6 nitrogen and oxygen atoms in total. The van der Waals surface area contributed by atoms with Gasteiger partial charge in [0.05, 0.1) is 6.33 Å². The number of nitrogens with zero attached hydrogens (tertiary/aromatic N) is 3. The summed E-state index contributed by atoms with van der Waals surface area (Å²) in [6.45, 7) is 5.60. The van der Waals surface area contributed by atoms with Crippen molar-refractivity contribution >= 4 is 11.2 Å². The van der Waals surface area contributed by atoms with Crippen LogP contribution in [0.25, 0.3) is 11.2 Å². The molecule has 2 aromatic rings. The van der Waals surface area contributed by atoms with Gasteiger partial charge in [-0.3, -0.25) is 13.9 Å². The molecule has 0 saturated carbocycles. The number of rotatable bonds is 18. The minimum atomic E-state index is -0.229. The van der Waals surface area contributed by atoms with Gasteiger partial charge in [-0.25, -0.2) is 9.78 Å². The van der Waals surface area contributed by atoms with E-state index in [1.54, 1.807) is 4.57 Å². The molecule has 0 unspecified atom stereocenters. The third-order valence-electron chi connectivity index (χ3n) is 6.27. The van der Waals surface area contributed by atoms with Crippen LogP contribution in [-0.4, -0.2) is 19.1 Å². The van der Waals surface area contributed by atoms with E-state index in [2.05, 4.69) is 23.8 Å². The molecule has 2 heterocycles. The number of aromatic nitrogens is 4. The van der Waals surface area contributed by atoms with Crippen molar-refractivity contribution in [2.75, 3.05) is 0 Å². The fraction of sp³-hybridized carbons (Fsp3) is 0.800. The van der Waals surface area contributed by atoms with Crippen LogP contribution in [0.3, 0.4) is 0 Å². The Bertz CT molecular complexity index is 849. The average Bonchev–Trinajstić information content (AvgIpc) is 3.26. The summed E-state index contributed by atoms with van der Waals surface area (Å²) in [7, 11) is 0. The van der Waals surface area contributed by atoms with Gasteiger partial charge in [0, 0.05) is 13.1 Å². The molecule has 2 rings (SSSR count). The van der Waals surface area contributed by atoms with Crippen LogP contribution in [0.4, 0.5) is 0 Å². The minimum absolute atomic E-state index is 0.199. The highest BCUT2D eigenvalue weighted by atomic mass is 16.2. The van der Waals surface area contributed by atoms with Crippen molar-refractivity contribution < 1.29 is 0 Å². The summed E-state index contributed by atoms with van der Waals surface area (Å²) in [4.78, 5) is 33.1. The Labute approximate surface area is 187 Å². The van der Waals surface area contributed by atoms with Crippen LogP contribution >= 0.6 is 0 Å². The van der Waals surface area contributed by atoms with E-state index >= 15 is 0 Å². The van der Waals surface area contributed by atoms with Crippen LogP contribution in [0.15, 0.2) is 15.9 Å². The van der Waals surface area contributed by atoms with Crippen LogP contribution in [0, 0.1) is 0 Å². The third-order valence-corrected chi connectivity index (χ3v) is 6.27. The Morgan fingerprint density at radius 3 is 1.65 bits per heavy atom. The van der Waals surface area contributed by atoms with Crippen LogP contribution in [0.1, 0.15) is 117 Å². The molecule has 1 N–H and O–H groups in total. The number of hydrogen-bond acceptors (Lipinski definition) is 3. The van der Waals surface area contributed by atoms with Crippen molar-refractivity contribution in [2.45, 2.75) is 130 Å².